The van der Waals surface area contributed by atoms with Gasteiger partial charge in [-0.1, -0.05) is 30.3 Å². The highest BCUT2D eigenvalue weighted by Gasteiger charge is 2.31. The molecule has 0 spiro atoms. The summed E-state index contributed by atoms with van der Waals surface area (Å²) in [5, 5.41) is 34.1. The number of nitro groups is 2. The van der Waals surface area contributed by atoms with Gasteiger partial charge in [0.1, 0.15) is 0 Å². The molecule has 0 aliphatic rings. The Kier molecular flexibility index (Phi) is 6.45. The summed E-state index contributed by atoms with van der Waals surface area (Å²) in [6.07, 6.45) is 0.789. The van der Waals surface area contributed by atoms with E-state index >= 15 is 0 Å². The minimum absolute atomic E-state index is 0.0296. The van der Waals surface area contributed by atoms with Gasteiger partial charge < -0.3 is 10.1 Å². The first-order valence-electron chi connectivity index (χ1n) is 9.01. The summed E-state index contributed by atoms with van der Waals surface area (Å²) in [7, 11) is -4.06. The molecule has 14 heteroatoms. The van der Waals surface area contributed by atoms with E-state index in [1.165, 1.54) is 0 Å². The maximum Gasteiger partial charge on any atom is 0.373 e. The minimum Gasteiger partial charge on any atom is -0.426 e. The third-order valence-corrected chi connectivity index (χ3v) is 4.99. The van der Waals surface area contributed by atoms with Crippen LogP contribution >= 0.6 is 0 Å². The third kappa shape index (κ3) is 5.35. The zero-order valence-electron chi connectivity index (χ0n) is 16.8. The van der Waals surface area contributed by atoms with E-state index in [2.05, 4.69) is 15.3 Å². The number of rotatable bonds is 8. The van der Waals surface area contributed by atoms with E-state index in [1.807, 2.05) is 0 Å². The lowest BCUT2D eigenvalue weighted by Gasteiger charge is -2.11. The van der Waals surface area contributed by atoms with Crippen LogP contribution in [0.2, 0.25) is 0 Å². The molecule has 1 N–H and O–H groups in total. The lowest BCUT2D eigenvalue weighted by atomic mass is 10.2. The Labute approximate surface area is 186 Å². The number of nitro benzene ring substituents is 1. The van der Waals surface area contributed by atoms with Crippen molar-refractivity contribution in [2.45, 2.75) is 11.7 Å². The largest absolute Gasteiger partial charge is 0.426 e. The molecule has 0 radical (unpaired) electrons. The van der Waals surface area contributed by atoms with E-state index in [4.69, 9.17) is 10.00 Å². The smallest absolute Gasteiger partial charge is 0.373 e. The van der Waals surface area contributed by atoms with Gasteiger partial charge in [-0.25, -0.2) is 8.42 Å². The van der Waals surface area contributed by atoms with E-state index in [0.717, 1.165) is 24.5 Å². The second-order valence-corrected chi connectivity index (χ2v) is 8.44. The van der Waals surface area contributed by atoms with Crippen molar-refractivity contribution in [3.05, 3.63) is 79.9 Å². The van der Waals surface area contributed by atoms with Crippen molar-refractivity contribution in [3.63, 3.8) is 0 Å². The van der Waals surface area contributed by atoms with Crippen molar-refractivity contribution >= 4 is 27.0 Å². The zero-order valence-corrected chi connectivity index (χ0v) is 17.6. The van der Waals surface area contributed by atoms with E-state index < -0.39 is 53.7 Å². The molecule has 3 rings (SSSR count). The summed E-state index contributed by atoms with van der Waals surface area (Å²) in [6, 6.07) is 13.6. The van der Waals surface area contributed by atoms with Crippen LogP contribution in [0.3, 0.4) is 0 Å². The number of aromatic nitrogens is 2. The Bertz CT molecular complexity index is 1390. The number of hydrogen-bond donors (Lipinski definition) is 1. The number of ether oxygens (including phenoxy) is 1. The number of anilines is 1. The standard InChI is InChI=1S/C19H14N6O7S/c1-33(30,31)19-22-17(21-11-12-5-3-2-4-6-12)16(25(28)29)18(23-19)32-15-9-13(10-20)7-8-14(15)24(26)27/h2-9H,11H2,1H3,(H,21,22,23). The Hall–Kier alpha value is -4.64. The second kappa shape index (κ2) is 9.24. The number of nitrogens with one attached hydrogen (secondary N) is 1. The summed E-state index contributed by atoms with van der Waals surface area (Å²) >= 11 is 0. The van der Waals surface area contributed by atoms with Crippen molar-refractivity contribution in [3.8, 4) is 17.7 Å². The van der Waals surface area contributed by atoms with Gasteiger partial charge in [-0.15, -0.1) is 0 Å². The molecule has 0 aliphatic heterocycles. The molecule has 33 heavy (non-hydrogen) atoms. The van der Waals surface area contributed by atoms with Crippen molar-refractivity contribution in [2.24, 2.45) is 0 Å². The van der Waals surface area contributed by atoms with Gasteiger partial charge >= 0.3 is 17.3 Å². The molecule has 0 amide bonds. The average Bonchev–Trinajstić information content (AvgIpc) is 2.77. The topological polar surface area (TPSA) is 191 Å². The molecule has 0 saturated heterocycles. The van der Waals surface area contributed by atoms with Crippen molar-refractivity contribution in [2.75, 3.05) is 11.6 Å². The molecule has 0 aliphatic carbocycles. The highest BCUT2D eigenvalue weighted by molar-refractivity contribution is 7.90. The van der Waals surface area contributed by atoms with Crippen LogP contribution in [-0.2, 0) is 16.4 Å². The molecule has 0 atom stereocenters. The number of hydrogen-bond acceptors (Lipinski definition) is 11. The van der Waals surface area contributed by atoms with Crippen LogP contribution < -0.4 is 10.1 Å². The minimum atomic E-state index is -4.06. The van der Waals surface area contributed by atoms with E-state index in [9.17, 15) is 28.6 Å². The quantitative estimate of drug-likeness (QED) is 0.289. The lowest BCUT2D eigenvalue weighted by molar-refractivity contribution is -0.387. The maximum absolute atomic E-state index is 12.1. The monoisotopic (exact) mass is 470 g/mol. The SMILES string of the molecule is CS(=O)(=O)c1nc(NCc2ccccc2)c([N+](=O)[O-])c(Oc2cc(C#N)ccc2[N+](=O)[O-])n1. The normalized spacial score (nSPS) is 10.8. The molecule has 168 valence electrons. The molecule has 0 fully saturated rings. The van der Waals surface area contributed by atoms with Crippen LogP contribution in [0.25, 0.3) is 0 Å². The van der Waals surface area contributed by atoms with E-state index in [1.54, 1.807) is 36.4 Å². The zero-order chi connectivity index (χ0) is 24.2. The first-order valence-corrected chi connectivity index (χ1v) is 10.9. The molecular formula is C19H14N6O7S. The van der Waals surface area contributed by atoms with E-state index in [0.29, 0.717) is 5.56 Å². The fourth-order valence-corrected chi connectivity index (χ4v) is 3.15. The Morgan fingerprint density at radius 1 is 1.09 bits per heavy atom. The highest BCUT2D eigenvalue weighted by Crippen LogP contribution is 2.39. The molecule has 1 heterocycles. The Morgan fingerprint density at radius 3 is 2.36 bits per heavy atom. The Morgan fingerprint density at radius 2 is 1.79 bits per heavy atom. The molecule has 1 aromatic heterocycles. The fourth-order valence-electron chi connectivity index (χ4n) is 2.64. The molecule has 13 nitrogen and oxygen atoms in total. The predicted octanol–water partition coefficient (Wildman–Crippen LogP) is 2.97. The van der Waals surface area contributed by atoms with Crippen LogP contribution in [0.15, 0.2) is 53.7 Å². The van der Waals surface area contributed by atoms with Gasteiger partial charge in [-0.3, -0.25) is 20.2 Å². The first kappa shape index (κ1) is 23.0. The number of nitrogens with zero attached hydrogens (tertiary/aromatic N) is 5. The number of nitriles is 1. The van der Waals surface area contributed by atoms with Crippen LogP contribution in [0.5, 0.6) is 11.6 Å². The third-order valence-electron chi connectivity index (χ3n) is 4.14. The van der Waals surface area contributed by atoms with Crippen molar-refractivity contribution < 1.29 is 23.0 Å². The maximum atomic E-state index is 12.1. The second-order valence-electron chi connectivity index (χ2n) is 6.53. The summed E-state index contributed by atoms with van der Waals surface area (Å²) in [6.45, 7) is 0.0470. The molecular weight excluding hydrogens is 456 g/mol. The van der Waals surface area contributed by atoms with Gasteiger partial charge in [0.15, 0.2) is 0 Å². The first-order chi connectivity index (χ1) is 15.6. The number of sulfone groups is 1. The fraction of sp³-hybridized carbons (Fsp3) is 0.105. The lowest BCUT2D eigenvalue weighted by Crippen LogP contribution is -2.12. The van der Waals surface area contributed by atoms with Gasteiger partial charge in [-0.2, -0.15) is 15.2 Å². The van der Waals surface area contributed by atoms with Crippen LogP contribution in [-0.4, -0.2) is 34.5 Å². The molecule has 0 saturated carbocycles. The van der Waals surface area contributed by atoms with Crippen LogP contribution in [0.1, 0.15) is 11.1 Å². The van der Waals surface area contributed by atoms with E-state index in [-0.39, 0.29) is 12.1 Å². The molecule has 0 bridgehead atoms. The number of benzene rings is 2. The average molecular weight is 470 g/mol. The van der Waals surface area contributed by atoms with Gasteiger partial charge in [0.05, 0.1) is 21.5 Å². The summed E-state index contributed by atoms with van der Waals surface area (Å²) < 4.78 is 29.5. The summed E-state index contributed by atoms with van der Waals surface area (Å²) in [4.78, 5) is 28.8. The molecule has 2 aromatic carbocycles. The highest BCUT2D eigenvalue weighted by atomic mass is 32.2. The van der Waals surface area contributed by atoms with Gasteiger partial charge in [-0.05, 0) is 11.6 Å². The summed E-state index contributed by atoms with van der Waals surface area (Å²) in [5.41, 5.74) is -0.763. The summed E-state index contributed by atoms with van der Waals surface area (Å²) in [5.74, 6) is -1.84. The van der Waals surface area contributed by atoms with Crippen LogP contribution in [0.4, 0.5) is 17.2 Å². The van der Waals surface area contributed by atoms with Crippen molar-refractivity contribution in [1.29, 1.82) is 5.26 Å². The molecule has 3 aromatic rings. The van der Waals surface area contributed by atoms with Crippen LogP contribution in [0, 0.1) is 31.6 Å². The predicted molar refractivity (Wildman–Crippen MR) is 113 cm³/mol. The van der Waals surface area contributed by atoms with Gasteiger partial charge in [0.2, 0.25) is 21.4 Å². The Balaban J connectivity index is 2.17. The van der Waals surface area contributed by atoms with Gasteiger partial charge in [0.25, 0.3) is 5.16 Å². The van der Waals surface area contributed by atoms with Gasteiger partial charge in [0, 0.05) is 24.9 Å². The van der Waals surface area contributed by atoms with Crippen molar-refractivity contribution in [1.82, 2.24) is 9.97 Å². The molecule has 0 unspecified atom stereocenters.